The van der Waals surface area contributed by atoms with Gasteiger partial charge in [-0.2, -0.15) is 0 Å². The molecule has 2 heterocycles. The number of hydrogen-bond donors (Lipinski definition) is 0. The van der Waals surface area contributed by atoms with E-state index in [1.165, 1.54) is 29.3 Å². The number of rotatable bonds is 2. The first-order valence-electron chi connectivity index (χ1n) is 8.94. The molecule has 1 amide bonds. The number of anilines is 1. The maximum absolute atomic E-state index is 13.7. The molecule has 0 saturated heterocycles. The van der Waals surface area contributed by atoms with Crippen LogP contribution in [0.5, 0.6) is 0 Å². The second kappa shape index (κ2) is 6.65. The number of ketones is 1. The Morgan fingerprint density at radius 1 is 1.14 bits per heavy atom. The molecule has 0 spiro atoms. The maximum atomic E-state index is 13.7. The highest BCUT2D eigenvalue weighted by Gasteiger charge is 2.41. The molecule has 1 aromatic heterocycles. The lowest BCUT2D eigenvalue weighted by Crippen LogP contribution is -2.41. The molecular formula is C21H22F2N2O3. The number of aromatic nitrogens is 1. The molecule has 1 aromatic carbocycles. The third-order valence-electron chi connectivity index (χ3n) is 4.42. The van der Waals surface area contributed by atoms with Crippen LogP contribution >= 0.6 is 0 Å². The zero-order chi connectivity index (χ0) is 20.9. The number of alkyl halides is 2. The van der Waals surface area contributed by atoms with Crippen LogP contribution in [-0.4, -0.2) is 28.5 Å². The van der Waals surface area contributed by atoms with Crippen LogP contribution in [0, 0.1) is 0 Å². The first-order valence-corrected chi connectivity index (χ1v) is 8.94. The van der Waals surface area contributed by atoms with Gasteiger partial charge in [0.1, 0.15) is 17.3 Å². The van der Waals surface area contributed by atoms with E-state index in [0.29, 0.717) is 16.8 Å². The van der Waals surface area contributed by atoms with Gasteiger partial charge in [-0.1, -0.05) is 18.2 Å². The highest BCUT2D eigenvalue weighted by Crippen LogP contribution is 2.36. The quantitative estimate of drug-likeness (QED) is 0.711. The number of fused-ring (bicyclic) bond motifs is 1. The summed E-state index contributed by atoms with van der Waals surface area (Å²) in [6, 6.07) is 6.80. The van der Waals surface area contributed by atoms with Gasteiger partial charge in [0.05, 0.1) is 5.69 Å². The molecule has 0 bridgehead atoms. The van der Waals surface area contributed by atoms with E-state index in [2.05, 4.69) is 4.98 Å². The number of carbonyl (C=O) groups is 2. The molecule has 0 N–H and O–H groups in total. The highest BCUT2D eigenvalue weighted by molar-refractivity contribution is 6.15. The number of benzene rings is 1. The van der Waals surface area contributed by atoms with Crippen LogP contribution in [0.25, 0.3) is 11.1 Å². The first-order chi connectivity index (χ1) is 12.9. The van der Waals surface area contributed by atoms with Crippen LogP contribution < -0.4 is 4.90 Å². The minimum atomic E-state index is -2.98. The van der Waals surface area contributed by atoms with Crippen LogP contribution in [0.2, 0.25) is 0 Å². The fraction of sp³-hybridized carbons (Fsp3) is 0.381. The monoisotopic (exact) mass is 388 g/mol. The number of carbonyl (C=O) groups excluding carboxylic acids is 2. The minimum Gasteiger partial charge on any atom is -0.443 e. The molecular weight excluding hydrogens is 366 g/mol. The molecule has 0 fully saturated rings. The van der Waals surface area contributed by atoms with Crippen molar-refractivity contribution in [3.05, 3.63) is 47.8 Å². The Morgan fingerprint density at radius 3 is 2.43 bits per heavy atom. The zero-order valence-corrected chi connectivity index (χ0v) is 16.4. The summed E-state index contributed by atoms with van der Waals surface area (Å²) in [5.41, 5.74) is 0.677. The average molecular weight is 388 g/mol. The van der Waals surface area contributed by atoms with Gasteiger partial charge in [0.25, 0.3) is 5.92 Å². The Balaban J connectivity index is 2.05. The fourth-order valence-corrected chi connectivity index (χ4v) is 3.05. The molecule has 0 radical (unpaired) electrons. The largest absolute Gasteiger partial charge is 0.443 e. The zero-order valence-electron chi connectivity index (χ0n) is 16.4. The van der Waals surface area contributed by atoms with Crippen LogP contribution in [0.1, 0.15) is 50.7 Å². The molecule has 0 unspecified atom stereocenters. The maximum Gasteiger partial charge on any atom is 0.415 e. The van der Waals surface area contributed by atoms with Crippen molar-refractivity contribution in [1.29, 1.82) is 0 Å². The lowest BCUT2D eigenvalue weighted by atomic mass is 10.0. The Kier molecular flexibility index (Phi) is 4.73. The predicted molar refractivity (Wildman–Crippen MR) is 102 cm³/mol. The molecule has 148 valence electrons. The smallest absolute Gasteiger partial charge is 0.415 e. The van der Waals surface area contributed by atoms with Gasteiger partial charge < -0.3 is 4.74 Å². The number of amides is 1. The lowest BCUT2D eigenvalue weighted by Gasteiger charge is -2.26. The summed E-state index contributed by atoms with van der Waals surface area (Å²) in [6.07, 6.45) is 0.800. The number of pyridine rings is 1. The van der Waals surface area contributed by atoms with Gasteiger partial charge in [-0.05, 0) is 45.4 Å². The van der Waals surface area contributed by atoms with E-state index in [9.17, 15) is 18.4 Å². The van der Waals surface area contributed by atoms with Crippen molar-refractivity contribution in [3.8, 4) is 11.1 Å². The van der Waals surface area contributed by atoms with Gasteiger partial charge in [-0.3, -0.25) is 14.7 Å². The Bertz CT molecular complexity index is 945. The molecule has 0 saturated carbocycles. The van der Waals surface area contributed by atoms with E-state index in [-0.39, 0.29) is 17.0 Å². The minimum absolute atomic E-state index is 0.126. The third-order valence-corrected chi connectivity index (χ3v) is 4.42. The van der Waals surface area contributed by atoms with Crippen LogP contribution in [0.3, 0.4) is 0 Å². The van der Waals surface area contributed by atoms with Gasteiger partial charge in [-0.25, -0.2) is 13.6 Å². The molecule has 28 heavy (non-hydrogen) atoms. The van der Waals surface area contributed by atoms with E-state index in [0.717, 1.165) is 6.92 Å². The summed E-state index contributed by atoms with van der Waals surface area (Å²) >= 11 is 0. The third kappa shape index (κ3) is 3.74. The topological polar surface area (TPSA) is 59.5 Å². The summed E-state index contributed by atoms with van der Waals surface area (Å²) in [5, 5.41) is 0. The molecule has 7 heteroatoms. The predicted octanol–water partition coefficient (Wildman–Crippen LogP) is 5.19. The van der Waals surface area contributed by atoms with Gasteiger partial charge in [0.15, 0.2) is 0 Å². The van der Waals surface area contributed by atoms with E-state index in [4.69, 9.17) is 4.74 Å². The lowest BCUT2D eigenvalue weighted by molar-refractivity contribution is 0.0175. The van der Waals surface area contributed by atoms with Crippen molar-refractivity contribution in [2.45, 2.75) is 52.2 Å². The first kappa shape index (κ1) is 19.9. The number of halogens is 2. The van der Waals surface area contributed by atoms with E-state index in [1.807, 2.05) is 0 Å². The van der Waals surface area contributed by atoms with Crippen molar-refractivity contribution in [2.24, 2.45) is 0 Å². The van der Waals surface area contributed by atoms with Crippen molar-refractivity contribution < 1.29 is 23.1 Å². The van der Waals surface area contributed by atoms with Gasteiger partial charge in [-0.15, -0.1) is 0 Å². The van der Waals surface area contributed by atoms with Crippen LogP contribution in [-0.2, 0) is 10.7 Å². The van der Waals surface area contributed by atoms with Gasteiger partial charge in [0.2, 0.25) is 5.78 Å². The van der Waals surface area contributed by atoms with Crippen molar-refractivity contribution in [3.63, 3.8) is 0 Å². The second-order valence-electron chi connectivity index (χ2n) is 7.95. The molecule has 5 nitrogen and oxygen atoms in total. The molecule has 2 aromatic rings. The summed E-state index contributed by atoms with van der Waals surface area (Å²) < 4.78 is 32.8. The molecule has 1 aliphatic heterocycles. The standard InChI is InChI=1S/C21H22F2N2O3/c1-12-18(26)17-16(25(12)19(27)28-20(2,3)4)10-14(11-24-17)13-7-6-8-15(9-13)21(5,22)23/h6-12H,1-5H3/t12-/m1/s1. The van der Waals surface area contributed by atoms with Crippen molar-refractivity contribution >= 4 is 17.6 Å². The SMILES string of the molecule is C[C@@H]1C(=O)c2ncc(-c3cccc(C(C)(F)F)c3)cc2N1C(=O)OC(C)(C)C. The summed E-state index contributed by atoms with van der Waals surface area (Å²) in [4.78, 5) is 30.6. The number of hydrogen-bond acceptors (Lipinski definition) is 4. The normalized spacial score (nSPS) is 16.9. The summed E-state index contributed by atoms with van der Waals surface area (Å²) in [6.45, 7) is 7.64. The van der Waals surface area contributed by atoms with Crippen molar-refractivity contribution in [2.75, 3.05) is 4.90 Å². The van der Waals surface area contributed by atoms with Gasteiger partial charge >= 0.3 is 6.09 Å². The van der Waals surface area contributed by atoms with Crippen LogP contribution in [0.15, 0.2) is 36.5 Å². The van der Waals surface area contributed by atoms with Crippen molar-refractivity contribution in [1.82, 2.24) is 4.98 Å². The molecule has 1 aliphatic rings. The highest BCUT2D eigenvalue weighted by atomic mass is 19.3. The number of nitrogens with zero attached hydrogens (tertiary/aromatic N) is 2. The summed E-state index contributed by atoms with van der Waals surface area (Å²) in [7, 11) is 0. The number of ether oxygens (including phenoxy) is 1. The van der Waals surface area contributed by atoms with E-state index >= 15 is 0 Å². The number of Topliss-reactive ketones (excluding diaryl/α,β-unsaturated/α-hetero) is 1. The summed E-state index contributed by atoms with van der Waals surface area (Å²) in [5.74, 6) is -3.27. The Hall–Kier alpha value is -2.83. The second-order valence-corrected chi connectivity index (χ2v) is 7.95. The molecule has 1 atom stereocenters. The fourth-order valence-electron chi connectivity index (χ4n) is 3.05. The van der Waals surface area contributed by atoms with E-state index in [1.54, 1.807) is 39.8 Å². The molecule has 3 rings (SSSR count). The average Bonchev–Trinajstić information content (AvgIpc) is 2.83. The Morgan fingerprint density at radius 2 is 1.82 bits per heavy atom. The molecule has 0 aliphatic carbocycles. The van der Waals surface area contributed by atoms with Gasteiger partial charge in [0, 0.05) is 24.2 Å². The Labute approximate surface area is 162 Å². The van der Waals surface area contributed by atoms with Crippen LogP contribution in [0.4, 0.5) is 19.3 Å². The van der Waals surface area contributed by atoms with E-state index < -0.39 is 23.7 Å².